The van der Waals surface area contributed by atoms with E-state index in [1.807, 2.05) is 6.07 Å². The molecule has 0 radical (unpaired) electrons. The predicted octanol–water partition coefficient (Wildman–Crippen LogP) is 2.35. The fourth-order valence-electron chi connectivity index (χ4n) is 4.30. The van der Waals surface area contributed by atoms with E-state index in [-0.39, 0.29) is 36.9 Å². The summed E-state index contributed by atoms with van der Waals surface area (Å²) in [6.07, 6.45) is 2.13. The van der Waals surface area contributed by atoms with Gasteiger partial charge in [0.05, 0.1) is 54.2 Å². The monoisotopic (exact) mass is 485 g/mol. The number of aliphatic hydroxyl groups is 1. The van der Waals surface area contributed by atoms with Crippen molar-refractivity contribution in [2.45, 2.75) is 44.1 Å². The number of ether oxygens (including phenoxy) is 1. The first-order chi connectivity index (χ1) is 16.8. The van der Waals surface area contributed by atoms with Crippen molar-refractivity contribution in [3.63, 3.8) is 0 Å². The molecule has 0 saturated carbocycles. The first-order valence-corrected chi connectivity index (χ1v) is 11.1. The highest BCUT2D eigenvalue weighted by Crippen LogP contribution is 2.31. The summed E-state index contributed by atoms with van der Waals surface area (Å²) in [5.41, 5.74) is 0.590. The van der Waals surface area contributed by atoms with Crippen molar-refractivity contribution < 1.29 is 23.4 Å². The minimum atomic E-state index is -1.31. The fourth-order valence-corrected chi connectivity index (χ4v) is 4.30. The van der Waals surface area contributed by atoms with E-state index < -0.39 is 30.1 Å². The Morgan fingerprint density at radius 3 is 2.97 bits per heavy atom. The van der Waals surface area contributed by atoms with Gasteiger partial charge in [0.15, 0.2) is 11.3 Å². The second-order valence-electron chi connectivity index (χ2n) is 8.52. The van der Waals surface area contributed by atoms with E-state index in [1.54, 1.807) is 0 Å². The maximum atomic E-state index is 14.5. The van der Waals surface area contributed by atoms with Crippen molar-refractivity contribution in [1.29, 1.82) is 5.26 Å². The van der Waals surface area contributed by atoms with Crippen molar-refractivity contribution in [3.8, 4) is 6.07 Å². The number of H-pyrrole nitrogens is 1. The second-order valence-corrected chi connectivity index (χ2v) is 8.52. The molecule has 0 aliphatic carbocycles. The molecule has 1 amide bonds. The molecule has 0 bridgehead atoms. The number of aliphatic hydroxyl groups excluding tert-OH is 1. The van der Waals surface area contributed by atoms with Gasteiger partial charge < -0.3 is 20.1 Å². The Morgan fingerprint density at radius 2 is 2.26 bits per heavy atom. The average Bonchev–Trinajstić information content (AvgIpc) is 3.44. The highest BCUT2D eigenvalue weighted by atomic mass is 19.1. The molecule has 2 aliphatic rings. The molecule has 2 fully saturated rings. The Labute approximate surface area is 200 Å². The van der Waals surface area contributed by atoms with Gasteiger partial charge in [-0.15, -0.1) is 0 Å². The molecule has 10 nitrogen and oxygen atoms in total. The molecule has 4 rings (SSSR count). The van der Waals surface area contributed by atoms with Gasteiger partial charge in [-0.3, -0.25) is 9.89 Å². The van der Waals surface area contributed by atoms with Gasteiger partial charge in [0, 0.05) is 13.0 Å². The molecular formula is C23H25F2N7O3. The number of carbonyl (C=O) groups is 1. The van der Waals surface area contributed by atoms with E-state index in [0.29, 0.717) is 35.5 Å². The molecule has 3 N–H and O–H groups in total. The fraction of sp³-hybridized carbons (Fsp3) is 0.435. The van der Waals surface area contributed by atoms with Crippen LogP contribution in [0.2, 0.25) is 0 Å². The zero-order valence-electron chi connectivity index (χ0n) is 19.0. The number of aromatic nitrogens is 4. The molecule has 12 heteroatoms. The van der Waals surface area contributed by atoms with Crippen molar-refractivity contribution in [3.05, 3.63) is 47.7 Å². The van der Waals surface area contributed by atoms with Crippen LogP contribution >= 0.6 is 0 Å². The lowest BCUT2D eigenvalue weighted by atomic mass is 10.0. The number of anilines is 1. The predicted molar refractivity (Wildman–Crippen MR) is 123 cm³/mol. The number of likely N-dealkylation sites (tertiary alicyclic amines) is 1. The highest BCUT2D eigenvalue weighted by molar-refractivity contribution is 6.08. The summed E-state index contributed by atoms with van der Waals surface area (Å²) >= 11 is 0. The highest BCUT2D eigenvalue weighted by Gasteiger charge is 2.39. The summed E-state index contributed by atoms with van der Waals surface area (Å²) in [7, 11) is 0. The maximum absolute atomic E-state index is 14.5. The number of amides is 1. The number of nitrogens with zero attached hydrogens (tertiary/aromatic N) is 5. The molecule has 184 valence electrons. The Morgan fingerprint density at radius 1 is 1.46 bits per heavy atom. The van der Waals surface area contributed by atoms with E-state index in [4.69, 9.17) is 4.74 Å². The maximum Gasteiger partial charge on any atom is 0.275 e. The Bertz CT molecular complexity index is 1230. The molecular weight excluding hydrogens is 460 g/mol. The van der Waals surface area contributed by atoms with Gasteiger partial charge in [-0.25, -0.2) is 18.7 Å². The van der Waals surface area contributed by atoms with Crippen molar-refractivity contribution in [2.75, 3.05) is 25.1 Å². The Hall–Kier alpha value is -3.69. The third-order valence-electron chi connectivity index (χ3n) is 5.97. The topological polar surface area (TPSA) is 140 Å². The molecule has 2 saturated heterocycles. The summed E-state index contributed by atoms with van der Waals surface area (Å²) in [5.74, 6) is -0.831. The van der Waals surface area contributed by atoms with Gasteiger partial charge in [0.25, 0.3) is 5.91 Å². The van der Waals surface area contributed by atoms with Crippen LogP contribution in [0.5, 0.6) is 0 Å². The van der Waals surface area contributed by atoms with E-state index in [1.165, 1.54) is 24.2 Å². The smallest absolute Gasteiger partial charge is 0.275 e. The number of hydrogen-bond donors (Lipinski definition) is 3. The minimum absolute atomic E-state index is 0.00447. The number of nitriles is 1. The minimum Gasteiger partial charge on any atom is -0.389 e. The first-order valence-electron chi connectivity index (χ1n) is 11.1. The van der Waals surface area contributed by atoms with E-state index in [9.17, 15) is 23.9 Å². The van der Waals surface area contributed by atoms with Crippen LogP contribution < -0.4 is 5.32 Å². The molecule has 2 aromatic rings. The van der Waals surface area contributed by atoms with Gasteiger partial charge in [-0.05, 0) is 31.1 Å². The first kappa shape index (κ1) is 24.4. The van der Waals surface area contributed by atoms with Crippen LogP contribution in [0.25, 0.3) is 11.0 Å². The SMILES string of the molecule is C=C(/C=C(C#N)\C=C(/C)F)[C@H]1C[C@H](F)CN1C(=O)c1n[nH]c2ncnc(N[C@@H]3CCOC[C@H]3O)c12. The number of rotatable bonds is 6. The number of allylic oxidation sites excluding steroid dienone is 3. The van der Waals surface area contributed by atoms with Gasteiger partial charge in [-0.2, -0.15) is 10.4 Å². The van der Waals surface area contributed by atoms with E-state index in [2.05, 4.69) is 32.1 Å². The second kappa shape index (κ2) is 10.3. The summed E-state index contributed by atoms with van der Waals surface area (Å²) < 4.78 is 33.0. The third-order valence-corrected chi connectivity index (χ3v) is 5.97. The molecule has 4 heterocycles. The number of alkyl halides is 1. The van der Waals surface area contributed by atoms with Gasteiger partial charge >= 0.3 is 0 Å². The van der Waals surface area contributed by atoms with Gasteiger partial charge in [0.1, 0.15) is 18.3 Å². The van der Waals surface area contributed by atoms with Crippen LogP contribution in [0.4, 0.5) is 14.6 Å². The lowest BCUT2D eigenvalue weighted by Gasteiger charge is -2.29. The summed E-state index contributed by atoms with van der Waals surface area (Å²) in [5, 5.41) is 29.8. The number of carbonyl (C=O) groups excluding carboxylic acids is 1. The molecule has 0 aromatic carbocycles. The average molecular weight is 485 g/mol. The number of fused-ring (bicyclic) bond motifs is 1. The molecule has 0 spiro atoms. The Kier molecular flexibility index (Phi) is 7.18. The molecule has 2 aliphatic heterocycles. The number of aromatic amines is 1. The largest absolute Gasteiger partial charge is 0.389 e. The van der Waals surface area contributed by atoms with Crippen LogP contribution in [-0.4, -0.2) is 80.2 Å². The number of halogens is 2. The molecule has 35 heavy (non-hydrogen) atoms. The van der Waals surface area contributed by atoms with Crippen molar-refractivity contribution in [2.24, 2.45) is 0 Å². The summed E-state index contributed by atoms with van der Waals surface area (Å²) in [4.78, 5) is 23.2. The van der Waals surface area contributed by atoms with Crippen molar-refractivity contribution in [1.82, 2.24) is 25.1 Å². The van der Waals surface area contributed by atoms with Crippen LogP contribution in [-0.2, 0) is 4.74 Å². The lowest BCUT2D eigenvalue weighted by molar-refractivity contribution is -0.0135. The zero-order chi connectivity index (χ0) is 25.1. The Balaban J connectivity index is 1.65. The molecule has 2 aromatic heterocycles. The standard InChI is InChI=1S/C23H25F2N7O3/c1-12(5-14(8-26)6-13(2)24)17-7-15(25)9-32(17)23(34)20-19-21(27-11-28-22(19)31-30-20)29-16-3-4-35-10-18(16)33/h5-6,11,15-18,33H,1,3-4,7,9-10H2,2H3,(H2,27,28,29,30,31)/b13-6+,14-5+/t15-,16+,17+,18+/m0/s1. The van der Waals surface area contributed by atoms with Crippen molar-refractivity contribution >= 4 is 22.8 Å². The van der Waals surface area contributed by atoms with Crippen LogP contribution in [0, 0.1) is 11.3 Å². The number of nitrogens with one attached hydrogen (secondary N) is 2. The summed E-state index contributed by atoms with van der Waals surface area (Å²) in [6, 6.07) is 0.758. The zero-order valence-corrected chi connectivity index (χ0v) is 19.0. The van der Waals surface area contributed by atoms with E-state index >= 15 is 0 Å². The van der Waals surface area contributed by atoms with Gasteiger partial charge in [-0.1, -0.05) is 6.58 Å². The third kappa shape index (κ3) is 5.21. The summed E-state index contributed by atoms with van der Waals surface area (Å²) in [6.45, 7) is 5.55. The molecule has 4 atom stereocenters. The quantitative estimate of drug-likeness (QED) is 0.418. The van der Waals surface area contributed by atoms with Crippen LogP contribution in [0.3, 0.4) is 0 Å². The van der Waals surface area contributed by atoms with Gasteiger partial charge in [0.2, 0.25) is 0 Å². The lowest BCUT2D eigenvalue weighted by Crippen LogP contribution is -2.42. The number of hydrogen-bond acceptors (Lipinski definition) is 8. The van der Waals surface area contributed by atoms with E-state index in [0.717, 1.165) is 6.08 Å². The van der Waals surface area contributed by atoms with Crippen LogP contribution in [0.15, 0.2) is 42.0 Å². The normalized spacial score (nSPS) is 25.5. The van der Waals surface area contributed by atoms with Crippen LogP contribution in [0.1, 0.15) is 30.3 Å². The molecule has 0 unspecified atom stereocenters.